The van der Waals surface area contributed by atoms with Gasteiger partial charge in [-0.25, -0.2) is 17.5 Å². The molecule has 2 rings (SSSR count). The van der Waals surface area contributed by atoms with Gasteiger partial charge in [-0.05, 0) is 36.2 Å². The van der Waals surface area contributed by atoms with Crippen LogP contribution >= 0.6 is 0 Å². The number of likely N-dealkylation sites (N-methyl/N-ethyl adjacent to an activating group) is 1. The molecule has 6 nitrogen and oxygen atoms in total. The number of rotatable bonds is 8. The number of carbonyl (C=O) groups is 1. The molecule has 0 radical (unpaired) electrons. The second-order valence-electron chi connectivity index (χ2n) is 5.22. The van der Waals surface area contributed by atoms with E-state index in [1.807, 2.05) is 0 Å². The molecule has 0 saturated carbocycles. The first-order valence-electron chi connectivity index (χ1n) is 7.34. The van der Waals surface area contributed by atoms with Gasteiger partial charge in [0.2, 0.25) is 10.0 Å². The van der Waals surface area contributed by atoms with E-state index in [-0.39, 0.29) is 4.90 Å². The molecular weight excluding hydrogens is 330 g/mol. The van der Waals surface area contributed by atoms with Crippen molar-refractivity contribution in [3.05, 3.63) is 60.2 Å². The number of benzene rings is 2. The lowest BCUT2D eigenvalue weighted by Crippen LogP contribution is -2.29. The Bertz CT molecular complexity index is 772. The van der Waals surface area contributed by atoms with E-state index in [1.54, 1.807) is 61.6 Å². The molecule has 1 N–H and O–H groups in total. The molecule has 7 heteroatoms. The van der Waals surface area contributed by atoms with Crippen LogP contribution in [0, 0.1) is 0 Å². The van der Waals surface area contributed by atoms with Gasteiger partial charge in [-0.15, -0.1) is 0 Å². The average Bonchev–Trinajstić information content (AvgIpc) is 2.59. The summed E-state index contributed by atoms with van der Waals surface area (Å²) in [5.74, 6) is -0.571. The molecule has 0 aliphatic rings. The maximum Gasteiger partial charge on any atom is 0.341 e. The highest BCUT2D eigenvalue weighted by atomic mass is 32.2. The molecule has 128 valence electrons. The van der Waals surface area contributed by atoms with Gasteiger partial charge in [0.15, 0.2) is 6.61 Å². The Morgan fingerprint density at radius 1 is 1.08 bits per heavy atom. The summed E-state index contributed by atoms with van der Waals surface area (Å²) in [6.07, 6.45) is 0.543. The van der Waals surface area contributed by atoms with Gasteiger partial charge in [0.1, 0.15) is 5.75 Å². The smallest absolute Gasteiger partial charge is 0.341 e. The first-order valence-corrected chi connectivity index (χ1v) is 8.78. The minimum absolute atomic E-state index is 0.268. The van der Waals surface area contributed by atoms with Gasteiger partial charge < -0.3 is 9.84 Å². The van der Waals surface area contributed by atoms with E-state index in [9.17, 15) is 13.2 Å². The lowest BCUT2D eigenvalue weighted by Gasteiger charge is -2.17. The highest BCUT2D eigenvalue weighted by molar-refractivity contribution is 7.89. The molecule has 24 heavy (non-hydrogen) atoms. The molecule has 0 spiro atoms. The normalized spacial score (nSPS) is 11.4. The van der Waals surface area contributed by atoms with Crippen LogP contribution in [0.15, 0.2) is 59.5 Å². The molecule has 0 atom stereocenters. The number of nitrogens with zero attached hydrogens (tertiary/aromatic N) is 1. The first-order chi connectivity index (χ1) is 11.4. The SMILES string of the molecule is CN(CCc1ccc(OCC(=O)O)cc1)S(=O)(=O)c1ccccc1. The van der Waals surface area contributed by atoms with Gasteiger partial charge in [-0.1, -0.05) is 30.3 Å². The van der Waals surface area contributed by atoms with Gasteiger partial charge in [0.25, 0.3) is 0 Å². The van der Waals surface area contributed by atoms with Crippen molar-refractivity contribution in [1.82, 2.24) is 4.31 Å². The lowest BCUT2D eigenvalue weighted by atomic mass is 10.1. The summed E-state index contributed by atoms with van der Waals surface area (Å²) in [6.45, 7) is -0.0516. The minimum Gasteiger partial charge on any atom is -0.482 e. The molecule has 2 aromatic carbocycles. The van der Waals surface area contributed by atoms with Crippen LogP contribution in [0.4, 0.5) is 0 Å². The highest BCUT2D eigenvalue weighted by Gasteiger charge is 2.19. The van der Waals surface area contributed by atoms with Gasteiger partial charge in [0.05, 0.1) is 4.90 Å². The van der Waals surface area contributed by atoms with E-state index in [1.165, 1.54) is 4.31 Å². The van der Waals surface area contributed by atoms with Gasteiger partial charge >= 0.3 is 5.97 Å². The standard InChI is InChI=1S/C17H19NO5S/c1-18(24(21,22)16-5-3-2-4-6-16)12-11-14-7-9-15(10-8-14)23-13-17(19)20/h2-10H,11-13H2,1H3,(H,19,20). The zero-order chi connectivity index (χ0) is 17.6. The van der Waals surface area contributed by atoms with Crippen LogP contribution < -0.4 is 4.74 Å². The average molecular weight is 349 g/mol. The van der Waals surface area contributed by atoms with E-state index >= 15 is 0 Å². The number of ether oxygens (including phenoxy) is 1. The van der Waals surface area contributed by atoms with Crippen LogP contribution in [-0.2, 0) is 21.2 Å². The third-order valence-electron chi connectivity index (χ3n) is 3.45. The molecule has 0 amide bonds. The van der Waals surface area contributed by atoms with Crippen LogP contribution in [0.25, 0.3) is 0 Å². The van der Waals surface area contributed by atoms with E-state index in [2.05, 4.69) is 0 Å². The number of hydrogen-bond acceptors (Lipinski definition) is 4. The van der Waals surface area contributed by atoms with Crippen molar-refractivity contribution < 1.29 is 23.1 Å². The first kappa shape index (κ1) is 18.0. The van der Waals surface area contributed by atoms with Crippen LogP contribution in [0.5, 0.6) is 5.75 Å². The molecule has 0 saturated heterocycles. The fourth-order valence-electron chi connectivity index (χ4n) is 2.08. The Morgan fingerprint density at radius 2 is 1.71 bits per heavy atom. The van der Waals surface area contributed by atoms with Crippen LogP contribution in [0.3, 0.4) is 0 Å². The number of hydrogen-bond donors (Lipinski definition) is 1. The molecule has 0 aliphatic heterocycles. The third kappa shape index (κ3) is 4.81. The van der Waals surface area contributed by atoms with Crippen molar-refractivity contribution in [3.63, 3.8) is 0 Å². The maximum absolute atomic E-state index is 12.4. The Morgan fingerprint density at radius 3 is 2.29 bits per heavy atom. The molecule has 0 unspecified atom stereocenters. The Kier molecular flexibility index (Phi) is 5.94. The molecule has 2 aromatic rings. The number of carboxylic acid groups (broad SMARTS) is 1. The van der Waals surface area contributed by atoms with Crippen molar-refractivity contribution in [2.24, 2.45) is 0 Å². The largest absolute Gasteiger partial charge is 0.482 e. The fraction of sp³-hybridized carbons (Fsp3) is 0.235. The van der Waals surface area contributed by atoms with Gasteiger partial charge in [-0.2, -0.15) is 0 Å². The highest BCUT2D eigenvalue weighted by Crippen LogP contribution is 2.16. The van der Waals surface area contributed by atoms with E-state index in [4.69, 9.17) is 9.84 Å². The number of carboxylic acids is 1. The van der Waals surface area contributed by atoms with Crippen LogP contribution in [0.1, 0.15) is 5.56 Å². The lowest BCUT2D eigenvalue weighted by molar-refractivity contribution is -0.139. The fourth-order valence-corrected chi connectivity index (χ4v) is 3.27. The maximum atomic E-state index is 12.4. The van der Waals surface area contributed by atoms with Crippen molar-refractivity contribution >= 4 is 16.0 Å². The van der Waals surface area contributed by atoms with Crippen LogP contribution in [-0.4, -0.2) is 44.0 Å². The van der Waals surface area contributed by atoms with Crippen molar-refractivity contribution in [2.75, 3.05) is 20.2 Å². The second-order valence-corrected chi connectivity index (χ2v) is 7.26. The van der Waals surface area contributed by atoms with Crippen molar-refractivity contribution in [3.8, 4) is 5.75 Å². The van der Waals surface area contributed by atoms with E-state index in [0.29, 0.717) is 18.7 Å². The summed E-state index contributed by atoms with van der Waals surface area (Å²) < 4.78 is 31.2. The molecule has 0 fully saturated rings. The Labute approximate surface area is 141 Å². The molecule has 0 aromatic heterocycles. The van der Waals surface area contributed by atoms with E-state index in [0.717, 1.165) is 5.56 Å². The topological polar surface area (TPSA) is 83.9 Å². The van der Waals surface area contributed by atoms with Crippen LogP contribution in [0.2, 0.25) is 0 Å². The van der Waals surface area contributed by atoms with Gasteiger partial charge in [0, 0.05) is 13.6 Å². The third-order valence-corrected chi connectivity index (χ3v) is 5.32. The summed E-state index contributed by atoms with van der Waals surface area (Å²) in [4.78, 5) is 10.7. The number of aliphatic carboxylic acids is 1. The molecule has 0 heterocycles. The Balaban J connectivity index is 1.94. The second kappa shape index (κ2) is 7.94. The quantitative estimate of drug-likeness (QED) is 0.788. The monoisotopic (exact) mass is 349 g/mol. The minimum atomic E-state index is -3.49. The van der Waals surface area contributed by atoms with Crippen molar-refractivity contribution in [1.29, 1.82) is 0 Å². The summed E-state index contributed by atoms with van der Waals surface area (Å²) in [6, 6.07) is 15.2. The van der Waals surface area contributed by atoms with E-state index < -0.39 is 22.6 Å². The summed E-state index contributed by atoms with van der Waals surface area (Å²) in [5, 5.41) is 8.56. The number of sulfonamides is 1. The predicted octanol–water partition coefficient (Wildman–Crippen LogP) is 2.01. The molecule has 0 bridgehead atoms. The predicted molar refractivity (Wildman–Crippen MR) is 89.5 cm³/mol. The molecular formula is C17H19NO5S. The van der Waals surface area contributed by atoms with Gasteiger partial charge in [-0.3, -0.25) is 0 Å². The Hall–Kier alpha value is -2.38. The van der Waals surface area contributed by atoms with Crippen molar-refractivity contribution in [2.45, 2.75) is 11.3 Å². The zero-order valence-electron chi connectivity index (χ0n) is 13.3. The molecule has 0 aliphatic carbocycles. The summed E-state index contributed by atoms with van der Waals surface area (Å²) >= 11 is 0. The summed E-state index contributed by atoms with van der Waals surface area (Å²) in [7, 11) is -1.94. The summed E-state index contributed by atoms with van der Waals surface area (Å²) in [5.41, 5.74) is 0.938. The zero-order valence-corrected chi connectivity index (χ0v) is 14.1.